The van der Waals surface area contributed by atoms with E-state index >= 15 is 0 Å². The number of ether oxygens (including phenoxy) is 1. The Balaban J connectivity index is 1.26. The van der Waals surface area contributed by atoms with Crippen LogP contribution in [0.3, 0.4) is 0 Å². The van der Waals surface area contributed by atoms with Crippen molar-refractivity contribution < 1.29 is 4.74 Å². The lowest BCUT2D eigenvalue weighted by molar-refractivity contribution is 0.250. The molecule has 1 aliphatic heterocycles. The summed E-state index contributed by atoms with van der Waals surface area (Å²) in [6.45, 7) is 5.05. The number of aromatic nitrogens is 4. The highest BCUT2D eigenvalue weighted by Crippen LogP contribution is 2.26. The van der Waals surface area contributed by atoms with Crippen molar-refractivity contribution in [2.75, 3.05) is 38.2 Å². The fraction of sp³-hybridized carbons (Fsp3) is 0.304. The van der Waals surface area contributed by atoms with E-state index in [1.165, 1.54) is 11.3 Å². The number of hydrogen-bond donors (Lipinski definition) is 0. The second-order valence-electron chi connectivity index (χ2n) is 7.79. The minimum Gasteiger partial charge on any atom is -0.497 e. The molecule has 1 aromatic carbocycles. The van der Waals surface area contributed by atoms with Gasteiger partial charge in [-0.2, -0.15) is 10.2 Å². The molecule has 0 N–H and O–H groups in total. The first kappa shape index (κ1) is 18.7. The van der Waals surface area contributed by atoms with E-state index in [4.69, 9.17) is 4.74 Å². The highest BCUT2D eigenvalue weighted by Gasteiger charge is 2.20. The first-order chi connectivity index (χ1) is 14.7. The van der Waals surface area contributed by atoms with Gasteiger partial charge in [-0.05, 0) is 23.8 Å². The third-order valence-electron chi connectivity index (χ3n) is 5.81. The Labute approximate surface area is 176 Å². The molecule has 0 unspecified atom stereocenters. The van der Waals surface area contributed by atoms with Crippen molar-refractivity contribution in [3.8, 4) is 16.9 Å². The summed E-state index contributed by atoms with van der Waals surface area (Å²) in [5, 5.41) is 8.88. The van der Waals surface area contributed by atoms with E-state index in [9.17, 15) is 0 Å². The van der Waals surface area contributed by atoms with Gasteiger partial charge in [0.2, 0.25) is 0 Å². The summed E-state index contributed by atoms with van der Waals surface area (Å²) in [5.41, 5.74) is 5.89. The van der Waals surface area contributed by atoms with Gasteiger partial charge in [0.25, 0.3) is 0 Å². The summed E-state index contributed by atoms with van der Waals surface area (Å²) in [4.78, 5) is 4.95. The number of hydrogen-bond acceptors (Lipinski definition) is 5. The molecule has 1 fully saturated rings. The first-order valence-electron chi connectivity index (χ1n) is 10.3. The second-order valence-corrected chi connectivity index (χ2v) is 7.79. The first-order valence-corrected chi connectivity index (χ1v) is 10.3. The number of piperazine rings is 1. The Morgan fingerprint density at radius 2 is 1.67 bits per heavy atom. The van der Waals surface area contributed by atoms with Gasteiger partial charge in [0, 0.05) is 63.3 Å². The molecule has 0 amide bonds. The van der Waals surface area contributed by atoms with Gasteiger partial charge in [0.1, 0.15) is 5.75 Å². The maximum Gasteiger partial charge on any atom is 0.118 e. The average Bonchev–Trinajstić information content (AvgIpc) is 3.41. The van der Waals surface area contributed by atoms with Gasteiger partial charge in [-0.1, -0.05) is 18.2 Å². The van der Waals surface area contributed by atoms with Crippen molar-refractivity contribution in [1.82, 2.24) is 24.3 Å². The van der Waals surface area contributed by atoms with Gasteiger partial charge in [-0.25, -0.2) is 4.52 Å². The molecule has 0 radical (unpaired) electrons. The Hall–Kier alpha value is -3.32. The fourth-order valence-electron chi connectivity index (χ4n) is 4.09. The average molecular weight is 403 g/mol. The summed E-state index contributed by atoms with van der Waals surface area (Å²) < 4.78 is 9.04. The van der Waals surface area contributed by atoms with Crippen LogP contribution in [0.25, 0.3) is 16.6 Å². The SMILES string of the molecule is COc1ccc(CN2CCN(c3cnn4cc(-c5cnn(C)c5)ccc34)CC2)cc1. The van der Waals surface area contributed by atoms with E-state index in [0.717, 1.165) is 55.1 Å². The quantitative estimate of drug-likeness (QED) is 0.514. The maximum atomic E-state index is 5.25. The molecule has 0 atom stereocenters. The van der Waals surface area contributed by atoms with Gasteiger partial charge < -0.3 is 9.64 Å². The largest absolute Gasteiger partial charge is 0.497 e. The Bertz CT molecular complexity index is 1140. The molecule has 7 nitrogen and oxygen atoms in total. The van der Waals surface area contributed by atoms with Gasteiger partial charge in [0.05, 0.1) is 30.7 Å². The van der Waals surface area contributed by atoms with Crippen molar-refractivity contribution in [2.45, 2.75) is 6.54 Å². The standard InChI is InChI=1S/C23H26N6O/c1-26-16-20(13-24-26)19-5-8-22-23(14-25-29(22)17-19)28-11-9-27(10-12-28)15-18-3-6-21(30-2)7-4-18/h3-8,13-14,16-17H,9-12,15H2,1-2H3. The summed E-state index contributed by atoms with van der Waals surface area (Å²) >= 11 is 0. The lowest BCUT2D eigenvalue weighted by Crippen LogP contribution is -2.45. The Morgan fingerprint density at radius 3 is 2.37 bits per heavy atom. The van der Waals surface area contributed by atoms with Crippen LogP contribution in [-0.4, -0.2) is 57.6 Å². The molecular weight excluding hydrogens is 376 g/mol. The van der Waals surface area contributed by atoms with Crippen molar-refractivity contribution >= 4 is 11.2 Å². The molecule has 4 heterocycles. The Kier molecular flexibility index (Phi) is 4.88. The number of benzene rings is 1. The molecule has 3 aromatic heterocycles. The summed E-state index contributed by atoms with van der Waals surface area (Å²) in [5.74, 6) is 0.906. The molecular formula is C23H26N6O. The highest BCUT2D eigenvalue weighted by atomic mass is 16.5. The van der Waals surface area contributed by atoms with Gasteiger partial charge >= 0.3 is 0 Å². The molecule has 5 rings (SSSR count). The lowest BCUT2D eigenvalue weighted by Gasteiger charge is -2.35. The zero-order valence-corrected chi connectivity index (χ0v) is 17.4. The molecule has 30 heavy (non-hydrogen) atoms. The molecule has 0 aliphatic carbocycles. The van der Waals surface area contributed by atoms with Crippen LogP contribution in [0.2, 0.25) is 0 Å². The van der Waals surface area contributed by atoms with E-state index in [2.05, 4.69) is 50.5 Å². The summed E-state index contributed by atoms with van der Waals surface area (Å²) in [7, 11) is 3.64. The molecule has 1 saturated heterocycles. The summed E-state index contributed by atoms with van der Waals surface area (Å²) in [6.07, 6.45) is 7.97. The number of methoxy groups -OCH3 is 1. The minimum absolute atomic E-state index is 0.906. The number of pyridine rings is 1. The molecule has 7 heteroatoms. The van der Waals surface area contributed by atoms with Crippen LogP contribution in [0.15, 0.2) is 61.2 Å². The second kappa shape index (κ2) is 7.84. The van der Waals surface area contributed by atoms with E-state index in [1.807, 2.05) is 47.0 Å². The van der Waals surface area contributed by atoms with Crippen LogP contribution in [0.5, 0.6) is 5.75 Å². The van der Waals surface area contributed by atoms with Crippen LogP contribution < -0.4 is 9.64 Å². The molecule has 4 aromatic rings. The van der Waals surface area contributed by atoms with Gasteiger partial charge in [-0.15, -0.1) is 0 Å². The fourth-order valence-corrected chi connectivity index (χ4v) is 4.09. The van der Waals surface area contributed by atoms with E-state index < -0.39 is 0 Å². The summed E-state index contributed by atoms with van der Waals surface area (Å²) in [6, 6.07) is 12.7. The predicted octanol–water partition coefficient (Wildman–Crippen LogP) is 3.07. The molecule has 0 spiro atoms. The smallest absolute Gasteiger partial charge is 0.118 e. The normalized spacial score (nSPS) is 15.1. The van der Waals surface area contributed by atoms with Crippen LogP contribution >= 0.6 is 0 Å². The molecule has 154 valence electrons. The van der Waals surface area contributed by atoms with Crippen LogP contribution in [0.4, 0.5) is 5.69 Å². The van der Waals surface area contributed by atoms with Crippen molar-refractivity contribution in [3.63, 3.8) is 0 Å². The third-order valence-corrected chi connectivity index (χ3v) is 5.81. The van der Waals surface area contributed by atoms with Gasteiger partial charge in [-0.3, -0.25) is 9.58 Å². The number of anilines is 1. The molecule has 1 aliphatic rings. The van der Waals surface area contributed by atoms with Crippen molar-refractivity contribution in [1.29, 1.82) is 0 Å². The maximum absolute atomic E-state index is 5.25. The number of fused-ring (bicyclic) bond motifs is 1. The number of nitrogens with zero attached hydrogens (tertiary/aromatic N) is 6. The third kappa shape index (κ3) is 3.64. The minimum atomic E-state index is 0.906. The van der Waals surface area contributed by atoms with E-state index in [1.54, 1.807) is 7.11 Å². The Morgan fingerprint density at radius 1 is 0.867 bits per heavy atom. The van der Waals surface area contributed by atoms with Crippen LogP contribution in [0, 0.1) is 0 Å². The lowest BCUT2D eigenvalue weighted by atomic mass is 10.1. The van der Waals surface area contributed by atoms with Crippen molar-refractivity contribution in [2.24, 2.45) is 7.05 Å². The zero-order chi connectivity index (χ0) is 20.5. The van der Waals surface area contributed by atoms with Gasteiger partial charge in [0.15, 0.2) is 0 Å². The number of aryl methyl sites for hydroxylation is 1. The van der Waals surface area contributed by atoms with Crippen molar-refractivity contribution in [3.05, 3.63) is 66.7 Å². The molecule has 0 saturated carbocycles. The number of rotatable bonds is 5. The molecule has 0 bridgehead atoms. The monoisotopic (exact) mass is 402 g/mol. The van der Waals surface area contributed by atoms with Crippen LogP contribution in [0.1, 0.15) is 5.56 Å². The topological polar surface area (TPSA) is 50.8 Å². The predicted molar refractivity (Wildman–Crippen MR) is 118 cm³/mol. The van der Waals surface area contributed by atoms with Crippen LogP contribution in [-0.2, 0) is 13.6 Å². The van der Waals surface area contributed by atoms with E-state index in [0.29, 0.717) is 0 Å². The highest BCUT2D eigenvalue weighted by molar-refractivity contribution is 5.75. The van der Waals surface area contributed by atoms with E-state index in [-0.39, 0.29) is 0 Å². The zero-order valence-electron chi connectivity index (χ0n) is 17.4.